The lowest BCUT2D eigenvalue weighted by Gasteiger charge is -2.10. The number of hydrogen-bond donors (Lipinski definition) is 0. The van der Waals surface area contributed by atoms with Gasteiger partial charge < -0.3 is 4.74 Å². The van der Waals surface area contributed by atoms with Gasteiger partial charge in [-0.05, 0) is 25.0 Å². The van der Waals surface area contributed by atoms with Gasteiger partial charge in [0.15, 0.2) is 0 Å². The van der Waals surface area contributed by atoms with E-state index in [0.29, 0.717) is 5.75 Å². The molecular formula is C13H11ClN2O3. The van der Waals surface area contributed by atoms with Gasteiger partial charge in [-0.1, -0.05) is 29.8 Å². The summed E-state index contributed by atoms with van der Waals surface area (Å²) in [5.41, 5.74) is 1.51. The van der Waals surface area contributed by atoms with Crippen LogP contribution in [0.25, 0.3) is 0 Å². The standard InChI is InChI=1S/C13H11ClN2O3/c1-8-4-3-5-9(2)12(8)19-13-11(16(17)18)6-10(14)7-15-13/h3-7H,1-2H3. The molecule has 0 aliphatic carbocycles. The van der Waals surface area contributed by atoms with E-state index in [4.69, 9.17) is 16.3 Å². The van der Waals surface area contributed by atoms with E-state index >= 15 is 0 Å². The molecule has 0 atom stereocenters. The highest BCUT2D eigenvalue weighted by molar-refractivity contribution is 6.30. The molecule has 0 aliphatic heterocycles. The molecule has 0 fully saturated rings. The van der Waals surface area contributed by atoms with Crippen LogP contribution in [0, 0.1) is 24.0 Å². The molecule has 2 rings (SSSR count). The normalized spacial score (nSPS) is 10.3. The molecule has 0 unspecified atom stereocenters. The van der Waals surface area contributed by atoms with Gasteiger partial charge in [-0.2, -0.15) is 0 Å². The molecule has 0 saturated heterocycles. The number of nitro groups is 1. The molecule has 0 saturated carbocycles. The van der Waals surface area contributed by atoms with E-state index in [-0.39, 0.29) is 16.6 Å². The Bertz CT molecular complexity index is 624. The summed E-state index contributed by atoms with van der Waals surface area (Å²) >= 11 is 5.70. The highest BCUT2D eigenvalue weighted by Gasteiger charge is 2.19. The third kappa shape index (κ3) is 2.82. The first-order valence-corrected chi connectivity index (χ1v) is 5.91. The van der Waals surface area contributed by atoms with Crippen molar-refractivity contribution in [2.45, 2.75) is 13.8 Å². The second kappa shape index (κ2) is 5.24. The maximum atomic E-state index is 11.0. The summed E-state index contributed by atoms with van der Waals surface area (Å²) in [5.74, 6) is 0.507. The molecular weight excluding hydrogens is 268 g/mol. The van der Waals surface area contributed by atoms with E-state index in [9.17, 15) is 10.1 Å². The average molecular weight is 279 g/mol. The number of aromatic nitrogens is 1. The summed E-state index contributed by atoms with van der Waals surface area (Å²) in [7, 11) is 0. The van der Waals surface area contributed by atoms with Crippen molar-refractivity contribution < 1.29 is 9.66 Å². The molecule has 0 amide bonds. The zero-order chi connectivity index (χ0) is 14.0. The Kier molecular flexibility index (Phi) is 3.66. The molecule has 98 valence electrons. The molecule has 0 aliphatic rings. The minimum atomic E-state index is -0.568. The number of para-hydroxylation sites is 1. The largest absolute Gasteiger partial charge is 0.433 e. The van der Waals surface area contributed by atoms with E-state index in [2.05, 4.69) is 4.98 Å². The number of nitrogens with zero attached hydrogens (tertiary/aromatic N) is 2. The molecule has 0 spiro atoms. The Hall–Kier alpha value is -2.14. The number of halogens is 1. The van der Waals surface area contributed by atoms with Gasteiger partial charge in [0.05, 0.1) is 16.1 Å². The van der Waals surface area contributed by atoms with Gasteiger partial charge in [-0.15, -0.1) is 0 Å². The number of aryl methyl sites for hydroxylation is 2. The fourth-order valence-corrected chi connectivity index (χ4v) is 1.83. The molecule has 1 heterocycles. The maximum absolute atomic E-state index is 11.0. The SMILES string of the molecule is Cc1cccc(C)c1Oc1ncc(Cl)cc1[N+](=O)[O-]. The third-order valence-electron chi connectivity index (χ3n) is 2.60. The highest BCUT2D eigenvalue weighted by Crippen LogP contribution is 2.34. The second-order valence-corrected chi connectivity index (χ2v) is 4.49. The van der Waals surface area contributed by atoms with Crippen LogP contribution >= 0.6 is 11.6 Å². The molecule has 5 nitrogen and oxygen atoms in total. The molecule has 2 aromatic rings. The van der Waals surface area contributed by atoms with Crippen LogP contribution in [0.4, 0.5) is 5.69 Å². The number of rotatable bonds is 3. The summed E-state index contributed by atoms with van der Waals surface area (Å²) in [6, 6.07) is 6.84. The van der Waals surface area contributed by atoms with Gasteiger partial charge in [0.25, 0.3) is 5.88 Å². The van der Waals surface area contributed by atoms with Crippen molar-refractivity contribution in [2.24, 2.45) is 0 Å². The Morgan fingerprint density at radius 1 is 1.32 bits per heavy atom. The van der Waals surface area contributed by atoms with Gasteiger partial charge >= 0.3 is 5.69 Å². The average Bonchev–Trinajstić information content (AvgIpc) is 2.35. The smallest absolute Gasteiger partial charge is 0.332 e. The number of benzene rings is 1. The van der Waals surface area contributed by atoms with Gasteiger partial charge in [0.2, 0.25) is 0 Å². The summed E-state index contributed by atoms with van der Waals surface area (Å²) in [4.78, 5) is 14.3. The van der Waals surface area contributed by atoms with Gasteiger partial charge in [-0.3, -0.25) is 10.1 Å². The zero-order valence-electron chi connectivity index (χ0n) is 10.4. The quantitative estimate of drug-likeness (QED) is 0.627. The van der Waals surface area contributed by atoms with Crippen molar-refractivity contribution >= 4 is 17.3 Å². The highest BCUT2D eigenvalue weighted by atomic mass is 35.5. The Balaban J connectivity index is 2.47. The first kappa shape index (κ1) is 13.3. The van der Waals surface area contributed by atoms with Gasteiger partial charge in [-0.25, -0.2) is 4.98 Å². The van der Waals surface area contributed by atoms with Crippen LogP contribution in [0.15, 0.2) is 30.5 Å². The van der Waals surface area contributed by atoms with Crippen molar-refractivity contribution in [3.05, 3.63) is 56.7 Å². The van der Waals surface area contributed by atoms with E-state index in [1.54, 1.807) is 0 Å². The first-order valence-electron chi connectivity index (χ1n) is 5.53. The number of ether oxygens (including phenoxy) is 1. The van der Waals surface area contributed by atoms with E-state index in [1.165, 1.54) is 12.3 Å². The first-order chi connectivity index (χ1) is 8.99. The van der Waals surface area contributed by atoms with Crippen LogP contribution in [0.1, 0.15) is 11.1 Å². The van der Waals surface area contributed by atoms with Crippen LogP contribution < -0.4 is 4.74 Å². The molecule has 0 N–H and O–H groups in total. The van der Waals surface area contributed by atoms with Crippen LogP contribution in [0.3, 0.4) is 0 Å². The molecule has 1 aromatic heterocycles. The molecule has 19 heavy (non-hydrogen) atoms. The predicted molar refractivity (Wildman–Crippen MR) is 71.9 cm³/mol. The number of pyridine rings is 1. The Labute approximate surface area is 115 Å². The Morgan fingerprint density at radius 2 is 1.95 bits per heavy atom. The Morgan fingerprint density at radius 3 is 2.53 bits per heavy atom. The lowest BCUT2D eigenvalue weighted by atomic mass is 10.1. The molecule has 1 aromatic carbocycles. The van der Waals surface area contributed by atoms with Crippen LogP contribution in [0.5, 0.6) is 11.6 Å². The topological polar surface area (TPSA) is 65.3 Å². The van der Waals surface area contributed by atoms with Crippen molar-refractivity contribution in [1.82, 2.24) is 4.98 Å². The van der Waals surface area contributed by atoms with Crippen molar-refractivity contribution in [3.8, 4) is 11.6 Å². The van der Waals surface area contributed by atoms with E-state index in [0.717, 1.165) is 11.1 Å². The van der Waals surface area contributed by atoms with Crippen molar-refractivity contribution in [3.63, 3.8) is 0 Å². The summed E-state index contributed by atoms with van der Waals surface area (Å²) in [5, 5.41) is 11.2. The predicted octanol–water partition coefficient (Wildman–Crippen LogP) is 4.05. The number of hydrogen-bond acceptors (Lipinski definition) is 4. The lowest BCUT2D eigenvalue weighted by Crippen LogP contribution is -1.98. The fourth-order valence-electron chi connectivity index (χ4n) is 1.68. The lowest BCUT2D eigenvalue weighted by molar-refractivity contribution is -0.386. The molecule has 0 radical (unpaired) electrons. The van der Waals surface area contributed by atoms with Gasteiger partial charge in [0, 0.05) is 6.07 Å². The third-order valence-corrected chi connectivity index (χ3v) is 2.81. The minimum absolute atomic E-state index is 0.0631. The van der Waals surface area contributed by atoms with Crippen LogP contribution in [0.2, 0.25) is 5.02 Å². The van der Waals surface area contributed by atoms with Crippen LogP contribution in [-0.4, -0.2) is 9.91 Å². The van der Waals surface area contributed by atoms with Crippen molar-refractivity contribution in [2.75, 3.05) is 0 Å². The van der Waals surface area contributed by atoms with E-state index in [1.807, 2.05) is 32.0 Å². The van der Waals surface area contributed by atoms with E-state index < -0.39 is 4.92 Å². The van der Waals surface area contributed by atoms with Gasteiger partial charge in [0.1, 0.15) is 5.75 Å². The maximum Gasteiger partial charge on any atom is 0.332 e. The zero-order valence-corrected chi connectivity index (χ0v) is 11.1. The molecule has 6 heteroatoms. The summed E-state index contributed by atoms with van der Waals surface area (Å²) in [6.07, 6.45) is 1.32. The van der Waals surface area contributed by atoms with Crippen molar-refractivity contribution in [1.29, 1.82) is 0 Å². The minimum Gasteiger partial charge on any atom is -0.433 e. The monoisotopic (exact) mass is 278 g/mol. The second-order valence-electron chi connectivity index (χ2n) is 4.06. The summed E-state index contributed by atoms with van der Waals surface area (Å²) in [6.45, 7) is 3.73. The summed E-state index contributed by atoms with van der Waals surface area (Å²) < 4.78 is 5.58. The molecule has 0 bridgehead atoms. The fraction of sp³-hybridized carbons (Fsp3) is 0.154. The van der Waals surface area contributed by atoms with Crippen LogP contribution in [-0.2, 0) is 0 Å².